The van der Waals surface area contributed by atoms with Crippen LogP contribution in [-0.4, -0.2) is 68.1 Å². The Bertz CT molecular complexity index is 1120. The molecule has 4 heterocycles. The third kappa shape index (κ3) is 3.01. The molecule has 0 bridgehead atoms. The average Bonchev–Trinajstić information content (AvgIpc) is 3.34. The van der Waals surface area contributed by atoms with E-state index in [9.17, 15) is 0 Å². The number of nitrogens with one attached hydrogen (secondary N) is 1. The third-order valence-electron chi connectivity index (χ3n) is 5.32. The fourth-order valence-corrected chi connectivity index (χ4v) is 3.64. The first-order valence-electron chi connectivity index (χ1n) is 9.40. The van der Waals surface area contributed by atoms with E-state index in [1.807, 2.05) is 30.2 Å². The summed E-state index contributed by atoms with van der Waals surface area (Å²) in [5.74, 6) is 0.956. The van der Waals surface area contributed by atoms with Crippen molar-refractivity contribution >= 4 is 16.7 Å². The molecule has 3 aromatic heterocycles. The van der Waals surface area contributed by atoms with E-state index in [0.717, 1.165) is 65.4 Å². The number of aromatic nitrogens is 6. The van der Waals surface area contributed by atoms with Crippen molar-refractivity contribution in [3.05, 3.63) is 43.0 Å². The van der Waals surface area contributed by atoms with E-state index in [0.29, 0.717) is 0 Å². The molecule has 8 nitrogen and oxygen atoms in total. The molecule has 0 unspecified atom stereocenters. The van der Waals surface area contributed by atoms with E-state index in [1.165, 1.54) is 0 Å². The summed E-state index contributed by atoms with van der Waals surface area (Å²) >= 11 is 0. The summed E-state index contributed by atoms with van der Waals surface area (Å²) in [5.41, 5.74) is 4.85. The molecule has 4 aromatic rings. The number of hydrogen-bond donors (Lipinski definition) is 1. The van der Waals surface area contributed by atoms with Crippen LogP contribution in [0.2, 0.25) is 0 Å². The first kappa shape index (κ1) is 16.9. The second kappa shape index (κ2) is 6.72. The van der Waals surface area contributed by atoms with Gasteiger partial charge in [0.15, 0.2) is 0 Å². The molecule has 0 saturated carbocycles. The minimum absolute atomic E-state index is 0.832. The number of aryl methyl sites for hydroxylation is 1. The van der Waals surface area contributed by atoms with Crippen LogP contribution in [0.1, 0.15) is 0 Å². The molecule has 5 rings (SSSR count). The first-order valence-corrected chi connectivity index (χ1v) is 9.40. The van der Waals surface area contributed by atoms with Crippen LogP contribution in [0.15, 0.2) is 43.0 Å². The van der Waals surface area contributed by atoms with Crippen molar-refractivity contribution in [2.75, 3.05) is 38.1 Å². The second-order valence-electron chi connectivity index (χ2n) is 7.29. The molecule has 8 heteroatoms. The maximum absolute atomic E-state index is 4.54. The van der Waals surface area contributed by atoms with E-state index in [1.54, 1.807) is 6.33 Å². The van der Waals surface area contributed by atoms with Crippen molar-refractivity contribution in [1.82, 2.24) is 34.8 Å². The minimum atomic E-state index is 0.832. The molecule has 1 fully saturated rings. The highest BCUT2D eigenvalue weighted by atomic mass is 15.3. The predicted molar refractivity (Wildman–Crippen MR) is 109 cm³/mol. The van der Waals surface area contributed by atoms with Crippen molar-refractivity contribution in [2.24, 2.45) is 7.05 Å². The van der Waals surface area contributed by atoms with Crippen LogP contribution < -0.4 is 4.90 Å². The lowest BCUT2D eigenvalue weighted by molar-refractivity contribution is 0.312. The Balaban J connectivity index is 1.53. The molecule has 0 aliphatic carbocycles. The quantitative estimate of drug-likeness (QED) is 0.592. The van der Waals surface area contributed by atoms with Crippen LogP contribution in [0, 0.1) is 0 Å². The summed E-state index contributed by atoms with van der Waals surface area (Å²) in [7, 11) is 4.07. The van der Waals surface area contributed by atoms with Crippen molar-refractivity contribution in [1.29, 1.82) is 0 Å². The van der Waals surface area contributed by atoms with Crippen molar-refractivity contribution in [3.8, 4) is 22.5 Å². The van der Waals surface area contributed by atoms with Crippen LogP contribution in [0.3, 0.4) is 0 Å². The number of anilines is 1. The van der Waals surface area contributed by atoms with Gasteiger partial charge in [0, 0.05) is 56.4 Å². The van der Waals surface area contributed by atoms with Gasteiger partial charge in [0.1, 0.15) is 17.8 Å². The third-order valence-corrected chi connectivity index (χ3v) is 5.32. The number of H-pyrrole nitrogens is 1. The van der Waals surface area contributed by atoms with Gasteiger partial charge in [0.2, 0.25) is 0 Å². The molecule has 0 radical (unpaired) electrons. The lowest BCUT2D eigenvalue weighted by atomic mass is 10.1. The SMILES string of the molecule is CN1CCN(c2cc(-c3n[nH]c4ccc(-c5cnn(C)c5)cc34)ncn2)CC1. The second-order valence-corrected chi connectivity index (χ2v) is 7.29. The zero-order valence-corrected chi connectivity index (χ0v) is 16.0. The molecule has 1 aromatic carbocycles. The Labute approximate surface area is 162 Å². The highest BCUT2D eigenvalue weighted by Crippen LogP contribution is 2.30. The topological polar surface area (TPSA) is 78.8 Å². The Hall–Kier alpha value is -3.26. The number of likely N-dealkylation sites (N-methyl/N-ethyl adjacent to an activating group) is 1. The lowest BCUT2D eigenvalue weighted by Crippen LogP contribution is -2.44. The van der Waals surface area contributed by atoms with E-state index in [2.05, 4.69) is 60.3 Å². The number of piperazine rings is 1. The fraction of sp³-hybridized carbons (Fsp3) is 0.300. The molecule has 1 N–H and O–H groups in total. The molecular weight excluding hydrogens is 352 g/mol. The summed E-state index contributed by atoms with van der Waals surface area (Å²) in [6.45, 7) is 4.02. The van der Waals surface area contributed by atoms with Crippen LogP contribution in [0.5, 0.6) is 0 Å². The zero-order chi connectivity index (χ0) is 19.1. The minimum Gasteiger partial charge on any atom is -0.354 e. The van der Waals surface area contributed by atoms with Crippen molar-refractivity contribution < 1.29 is 0 Å². The predicted octanol–water partition coefficient (Wildman–Crippen LogP) is 2.17. The Morgan fingerprint density at radius 1 is 0.964 bits per heavy atom. The monoisotopic (exact) mass is 374 g/mol. The van der Waals surface area contributed by atoms with Gasteiger partial charge in [-0.25, -0.2) is 9.97 Å². The van der Waals surface area contributed by atoms with Gasteiger partial charge in [-0.3, -0.25) is 9.78 Å². The highest BCUT2D eigenvalue weighted by molar-refractivity contribution is 5.95. The number of fused-ring (bicyclic) bond motifs is 1. The highest BCUT2D eigenvalue weighted by Gasteiger charge is 2.18. The van der Waals surface area contributed by atoms with E-state index in [4.69, 9.17) is 0 Å². The largest absolute Gasteiger partial charge is 0.354 e. The maximum atomic E-state index is 4.54. The summed E-state index contributed by atoms with van der Waals surface area (Å²) < 4.78 is 1.81. The van der Waals surface area contributed by atoms with Gasteiger partial charge < -0.3 is 9.80 Å². The Kier molecular flexibility index (Phi) is 4.05. The Morgan fingerprint density at radius 3 is 2.61 bits per heavy atom. The van der Waals surface area contributed by atoms with Gasteiger partial charge in [-0.15, -0.1) is 0 Å². The van der Waals surface area contributed by atoms with Crippen LogP contribution >= 0.6 is 0 Å². The van der Waals surface area contributed by atoms with E-state index >= 15 is 0 Å². The van der Waals surface area contributed by atoms with Gasteiger partial charge in [-0.1, -0.05) is 6.07 Å². The van der Waals surface area contributed by atoms with Gasteiger partial charge in [-0.05, 0) is 24.7 Å². The van der Waals surface area contributed by atoms with Crippen LogP contribution in [-0.2, 0) is 7.05 Å². The van der Waals surface area contributed by atoms with E-state index < -0.39 is 0 Å². The average molecular weight is 374 g/mol. The molecule has 0 atom stereocenters. The van der Waals surface area contributed by atoms with Crippen LogP contribution in [0.4, 0.5) is 5.82 Å². The smallest absolute Gasteiger partial charge is 0.132 e. The lowest BCUT2D eigenvalue weighted by Gasteiger charge is -2.33. The fourth-order valence-electron chi connectivity index (χ4n) is 3.64. The van der Waals surface area contributed by atoms with Crippen LogP contribution in [0.25, 0.3) is 33.4 Å². The molecule has 28 heavy (non-hydrogen) atoms. The van der Waals surface area contributed by atoms with Gasteiger partial charge >= 0.3 is 0 Å². The number of rotatable bonds is 3. The normalized spacial score (nSPS) is 15.4. The summed E-state index contributed by atoms with van der Waals surface area (Å²) in [6.07, 6.45) is 5.52. The van der Waals surface area contributed by atoms with Crippen molar-refractivity contribution in [2.45, 2.75) is 0 Å². The van der Waals surface area contributed by atoms with Crippen molar-refractivity contribution in [3.63, 3.8) is 0 Å². The van der Waals surface area contributed by atoms with E-state index in [-0.39, 0.29) is 0 Å². The summed E-state index contributed by atoms with van der Waals surface area (Å²) in [4.78, 5) is 13.6. The molecule has 142 valence electrons. The van der Waals surface area contributed by atoms with Gasteiger partial charge in [0.25, 0.3) is 0 Å². The molecule has 1 aliphatic rings. The molecule has 1 saturated heterocycles. The molecule has 1 aliphatic heterocycles. The standard InChI is InChI=1S/C20H22N8/c1-26-5-7-28(8-6-26)19-10-18(21-13-22-19)20-16-9-14(3-4-17(16)24-25-20)15-11-23-27(2)12-15/h3-4,9-13H,5-8H2,1-2H3,(H,24,25). The number of aromatic amines is 1. The zero-order valence-electron chi connectivity index (χ0n) is 16.0. The molecule has 0 spiro atoms. The van der Waals surface area contributed by atoms with Gasteiger partial charge in [0.05, 0.1) is 17.4 Å². The number of hydrogen-bond acceptors (Lipinski definition) is 6. The summed E-state index contributed by atoms with van der Waals surface area (Å²) in [6, 6.07) is 8.31. The maximum Gasteiger partial charge on any atom is 0.132 e. The number of nitrogens with zero attached hydrogens (tertiary/aromatic N) is 7. The first-order chi connectivity index (χ1) is 13.7. The summed E-state index contributed by atoms with van der Waals surface area (Å²) in [5, 5.41) is 13.0. The molecule has 0 amide bonds. The van der Waals surface area contributed by atoms with Gasteiger partial charge in [-0.2, -0.15) is 10.2 Å². The number of benzene rings is 1. The molecular formula is C20H22N8. The Morgan fingerprint density at radius 2 is 1.82 bits per heavy atom.